The number of hydrogen-bond acceptors (Lipinski definition) is 3. The molecule has 0 aliphatic rings. The van der Waals surface area contributed by atoms with E-state index in [0.29, 0.717) is 17.3 Å². The number of aromatic nitrogens is 2. The van der Waals surface area contributed by atoms with Crippen molar-refractivity contribution in [2.45, 2.75) is 6.10 Å². The van der Waals surface area contributed by atoms with Crippen molar-refractivity contribution >= 4 is 17.5 Å². The summed E-state index contributed by atoms with van der Waals surface area (Å²) >= 11 is 5.85. The first kappa shape index (κ1) is 14.6. The Kier molecular flexibility index (Phi) is 4.76. The predicted octanol–water partition coefficient (Wildman–Crippen LogP) is 2.19. The maximum atomic E-state index is 11.9. The lowest BCUT2D eigenvalue weighted by atomic mass is 10.1. The van der Waals surface area contributed by atoms with E-state index in [-0.39, 0.29) is 12.0 Å². The predicted molar refractivity (Wildman–Crippen MR) is 76.7 cm³/mol. The Morgan fingerprint density at radius 1 is 1.45 bits per heavy atom. The van der Waals surface area contributed by atoms with Crippen LogP contribution in [0.25, 0.3) is 0 Å². The maximum absolute atomic E-state index is 11.9. The number of nitrogens with zero attached hydrogens (tertiary/aromatic N) is 2. The van der Waals surface area contributed by atoms with Crippen molar-refractivity contribution in [1.82, 2.24) is 14.9 Å². The van der Waals surface area contributed by atoms with E-state index >= 15 is 0 Å². The summed E-state index contributed by atoms with van der Waals surface area (Å²) in [6.45, 7) is 0.369. The molecule has 0 spiro atoms. The van der Waals surface area contributed by atoms with Gasteiger partial charge in [-0.1, -0.05) is 23.7 Å². The standard InChI is InChI=1S/C14H16ClN3O2/c1-18-8-12(17-9-18)14(19)16-7-13(20-2)10-3-5-11(15)6-4-10/h3-6,8-9,13H,7H2,1-2H3,(H,16,19)/t13-/m0/s1. The van der Waals surface area contributed by atoms with E-state index < -0.39 is 0 Å². The molecule has 1 N–H and O–H groups in total. The van der Waals surface area contributed by atoms with Crippen LogP contribution in [0.5, 0.6) is 0 Å². The van der Waals surface area contributed by atoms with Gasteiger partial charge in [-0.2, -0.15) is 0 Å². The van der Waals surface area contributed by atoms with E-state index in [9.17, 15) is 4.79 Å². The summed E-state index contributed by atoms with van der Waals surface area (Å²) < 4.78 is 7.11. The molecule has 20 heavy (non-hydrogen) atoms. The smallest absolute Gasteiger partial charge is 0.271 e. The van der Waals surface area contributed by atoms with E-state index in [2.05, 4.69) is 10.3 Å². The molecule has 106 valence electrons. The number of nitrogens with one attached hydrogen (secondary N) is 1. The second-order valence-electron chi connectivity index (χ2n) is 4.41. The Bertz CT molecular complexity index is 580. The van der Waals surface area contributed by atoms with Crippen LogP contribution in [0.1, 0.15) is 22.2 Å². The van der Waals surface area contributed by atoms with Crippen molar-refractivity contribution in [3.63, 3.8) is 0 Å². The number of ether oxygens (including phenoxy) is 1. The number of methoxy groups -OCH3 is 1. The number of amides is 1. The average Bonchev–Trinajstić information content (AvgIpc) is 2.88. The first-order valence-corrected chi connectivity index (χ1v) is 6.52. The molecule has 5 nitrogen and oxygen atoms in total. The number of benzene rings is 1. The molecule has 1 aromatic heterocycles. The van der Waals surface area contributed by atoms with Crippen molar-refractivity contribution in [3.8, 4) is 0 Å². The molecule has 0 fully saturated rings. The summed E-state index contributed by atoms with van der Waals surface area (Å²) in [4.78, 5) is 15.9. The zero-order chi connectivity index (χ0) is 14.5. The average molecular weight is 294 g/mol. The van der Waals surface area contributed by atoms with E-state index in [4.69, 9.17) is 16.3 Å². The molecule has 0 aliphatic heterocycles. The van der Waals surface area contributed by atoms with Crippen molar-refractivity contribution in [3.05, 3.63) is 53.1 Å². The van der Waals surface area contributed by atoms with Gasteiger partial charge in [0.15, 0.2) is 0 Å². The lowest BCUT2D eigenvalue weighted by molar-refractivity contribution is 0.0824. The molecule has 2 aromatic rings. The summed E-state index contributed by atoms with van der Waals surface area (Å²) in [5.41, 5.74) is 1.34. The van der Waals surface area contributed by atoms with Crippen molar-refractivity contribution < 1.29 is 9.53 Å². The van der Waals surface area contributed by atoms with Gasteiger partial charge in [-0.05, 0) is 17.7 Å². The summed E-state index contributed by atoms with van der Waals surface area (Å²) in [6, 6.07) is 7.35. The van der Waals surface area contributed by atoms with E-state index in [1.165, 1.54) is 0 Å². The topological polar surface area (TPSA) is 56.1 Å². The van der Waals surface area contributed by atoms with Gasteiger partial charge in [-0.3, -0.25) is 4.79 Å². The number of hydrogen-bond donors (Lipinski definition) is 1. The summed E-state index contributed by atoms with van der Waals surface area (Å²) in [5, 5.41) is 3.47. The van der Waals surface area contributed by atoms with E-state index in [1.54, 1.807) is 36.3 Å². The van der Waals surface area contributed by atoms with Gasteiger partial charge >= 0.3 is 0 Å². The minimum atomic E-state index is -0.222. The van der Waals surface area contributed by atoms with Gasteiger partial charge in [0.25, 0.3) is 5.91 Å². The Labute approximate surface area is 122 Å². The molecule has 0 aliphatic carbocycles. The number of carbonyl (C=O) groups excluding carboxylic acids is 1. The first-order valence-electron chi connectivity index (χ1n) is 6.14. The first-order chi connectivity index (χ1) is 9.60. The number of imidazole rings is 1. The van der Waals surface area contributed by atoms with Gasteiger partial charge in [0, 0.05) is 31.9 Å². The quantitative estimate of drug-likeness (QED) is 0.919. The minimum Gasteiger partial charge on any atom is -0.375 e. The van der Waals surface area contributed by atoms with Crippen molar-refractivity contribution in [2.75, 3.05) is 13.7 Å². The molecule has 0 unspecified atom stereocenters. The van der Waals surface area contributed by atoms with Crippen LogP contribution in [-0.2, 0) is 11.8 Å². The van der Waals surface area contributed by atoms with Crippen LogP contribution in [0.3, 0.4) is 0 Å². The highest BCUT2D eigenvalue weighted by Gasteiger charge is 2.14. The fourth-order valence-corrected chi connectivity index (χ4v) is 1.95. The summed E-state index contributed by atoms with van der Waals surface area (Å²) in [7, 11) is 3.42. The molecule has 0 bridgehead atoms. The van der Waals surface area contributed by atoms with E-state index in [1.807, 2.05) is 19.2 Å². The Balaban J connectivity index is 1.97. The molecule has 0 saturated heterocycles. The monoisotopic (exact) mass is 293 g/mol. The normalized spacial score (nSPS) is 12.2. The molecule has 0 radical (unpaired) electrons. The van der Waals surface area contributed by atoms with Gasteiger partial charge < -0.3 is 14.6 Å². The van der Waals surface area contributed by atoms with Gasteiger partial charge in [-0.15, -0.1) is 0 Å². The van der Waals surface area contributed by atoms with Crippen molar-refractivity contribution in [1.29, 1.82) is 0 Å². The van der Waals surface area contributed by atoms with Gasteiger partial charge in [-0.25, -0.2) is 4.98 Å². The lowest BCUT2D eigenvalue weighted by Gasteiger charge is -2.16. The number of rotatable bonds is 5. The zero-order valence-corrected chi connectivity index (χ0v) is 12.1. The third kappa shape index (κ3) is 3.59. The highest BCUT2D eigenvalue weighted by molar-refractivity contribution is 6.30. The van der Waals surface area contributed by atoms with Crippen LogP contribution < -0.4 is 5.32 Å². The molecule has 1 amide bonds. The SMILES string of the molecule is CO[C@@H](CNC(=O)c1cn(C)cn1)c1ccc(Cl)cc1. The zero-order valence-electron chi connectivity index (χ0n) is 11.3. The van der Waals surface area contributed by atoms with Crippen LogP contribution in [0, 0.1) is 0 Å². The molecule has 6 heteroatoms. The number of aryl methyl sites for hydroxylation is 1. The molecule has 2 rings (SSSR count). The molecule has 1 aromatic carbocycles. The van der Waals surface area contributed by atoms with Crippen LogP contribution in [-0.4, -0.2) is 29.1 Å². The second kappa shape index (κ2) is 6.54. The van der Waals surface area contributed by atoms with Gasteiger partial charge in [0.1, 0.15) is 5.69 Å². The third-order valence-electron chi connectivity index (χ3n) is 2.91. The molecule has 1 heterocycles. The van der Waals surface area contributed by atoms with Crippen LogP contribution in [0.4, 0.5) is 0 Å². The number of halogens is 1. The molecule has 0 saturated carbocycles. The Morgan fingerprint density at radius 2 is 2.15 bits per heavy atom. The van der Waals surface area contributed by atoms with Crippen LogP contribution >= 0.6 is 11.6 Å². The van der Waals surface area contributed by atoms with Gasteiger partial charge in [0.05, 0.1) is 12.4 Å². The maximum Gasteiger partial charge on any atom is 0.271 e. The highest BCUT2D eigenvalue weighted by Crippen LogP contribution is 2.18. The molecule has 1 atom stereocenters. The minimum absolute atomic E-state index is 0.221. The third-order valence-corrected chi connectivity index (χ3v) is 3.16. The number of carbonyl (C=O) groups is 1. The van der Waals surface area contributed by atoms with Crippen LogP contribution in [0.2, 0.25) is 5.02 Å². The van der Waals surface area contributed by atoms with Crippen molar-refractivity contribution in [2.24, 2.45) is 7.05 Å². The largest absolute Gasteiger partial charge is 0.375 e. The second-order valence-corrected chi connectivity index (χ2v) is 4.85. The molecular weight excluding hydrogens is 278 g/mol. The lowest BCUT2D eigenvalue weighted by Crippen LogP contribution is -2.29. The fourth-order valence-electron chi connectivity index (χ4n) is 1.82. The highest BCUT2D eigenvalue weighted by atomic mass is 35.5. The fraction of sp³-hybridized carbons (Fsp3) is 0.286. The Hall–Kier alpha value is -1.85. The van der Waals surface area contributed by atoms with Crippen LogP contribution in [0.15, 0.2) is 36.8 Å². The molecular formula is C14H16ClN3O2. The van der Waals surface area contributed by atoms with Gasteiger partial charge in [0.2, 0.25) is 0 Å². The summed E-state index contributed by atoms with van der Waals surface area (Å²) in [5.74, 6) is -0.221. The summed E-state index contributed by atoms with van der Waals surface area (Å²) in [6.07, 6.45) is 3.03. The van der Waals surface area contributed by atoms with E-state index in [0.717, 1.165) is 5.56 Å². The Morgan fingerprint density at radius 3 is 2.70 bits per heavy atom.